The van der Waals surface area contributed by atoms with Crippen molar-refractivity contribution in [3.63, 3.8) is 0 Å². The molecule has 0 spiro atoms. The predicted molar refractivity (Wildman–Crippen MR) is 63.8 cm³/mol. The number of carboxylic acids is 1. The van der Waals surface area contributed by atoms with Crippen molar-refractivity contribution in [3.8, 4) is 0 Å². The normalized spacial score (nSPS) is 14.2. The van der Waals surface area contributed by atoms with Crippen LogP contribution in [0, 0.1) is 11.8 Å². The number of nitrogens with one attached hydrogen (secondary N) is 2. The van der Waals surface area contributed by atoms with Crippen LogP contribution in [0.1, 0.15) is 20.8 Å². The van der Waals surface area contributed by atoms with Crippen molar-refractivity contribution in [2.75, 3.05) is 20.2 Å². The zero-order chi connectivity index (χ0) is 13.4. The van der Waals surface area contributed by atoms with Gasteiger partial charge in [0.1, 0.15) is 0 Å². The van der Waals surface area contributed by atoms with Gasteiger partial charge in [0.25, 0.3) is 0 Å². The Balaban J connectivity index is 3.93. The molecule has 0 rings (SSSR count). The lowest BCUT2D eigenvalue weighted by Gasteiger charge is -2.17. The van der Waals surface area contributed by atoms with Gasteiger partial charge in [-0.3, -0.25) is 4.79 Å². The van der Waals surface area contributed by atoms with Crippen molar-refractivity contribution in [3.05, 3.63) is 0 Å². The van der Waals surface area contributed by atoms with Crippen molar-refractivity contribution < 1.29 is 19.4 Å². The van der Waals surface area contributed by atoms with Gasteiger partial charge in [0.2, 0.25) is 0 Å². The second-order valence-corrected chi connectivity index (χ2v) is 4.33. The fraction of sp³-hybridized carbons (Fsp3) is 0.818. The first-order valence-electron chi connectivity index (χ1n) is 5.65. The molecular weight excluding hydrogens is 224 g/mol. The first kappa shape index (κ1) is 15.7. The van der Waals surface area contributed by atoms with Crippen LogP contribution in [0.5, 0.6) is 0 Å². The van der Waals surface area contributed by atoms with Gasteiger partial charge in [-0.25, -0.2) is 4.79 Å². The highest BCUT2D eigenvalue weighted by Crippen LogP contribution is 2.09. The van der Waals surface area contributed by atoms with E-state index in [1.807, 2.05) is 20.8 Å². The molecule has 0 saturated carbocycles. The summed E-state index contributed by atoms with van der Waals surface area (Å²) in [5.74, 6) is -1.49. The number of methoxy groups -OCH3 is 1. The van der Waals surface area contributed by atoms with Crippen molar-refractivity contribution in [1.82, 2.24) is 10.6 Å². The summed E-state index contributed by atoms with van der Waals surface area (Å²) in [6.07, 6.45) is -0.0684. The highest BCUT2D eigenvalue weighted by Gasteiger charge is 2.21. The van der Waals surface area contributed by atoms with Gasteiger partial charge in [0, 0.05) is 20.2 Å². The first-order chi connectivity index (χ1) is 7.88. The van der Waals surface area contributed by atoms with Gasteiger partial charge in [-0.1, -0.05) is 13.8 Å². The van der Waals surface area contributed by atoms with Crippen molar-refractivity contribution >= 4 is 12.0 Å². The number of carbonyl (C=O) groups is 2. The molecule has 0 bridgehead atoms. The molecule has 3 N–H and O–H groups in total. The molecular formula is C11H22N2O4. The highest BCUT2D eigenvalue weighted by atomic mass is 16.5. The van der Waals surface area contributed by atoms with Gasteiger partial charge < -0.3 is 20.5 Å². The molecule has 100 valence electrons. The summed E-state index contributed by atoms with van der Waals surface area (Å²) in [6.45, 7) is 5.97. The molecule has 6 heteroatoms. The third-order valence-corrected chi connectivity index (χ3v) is 2.56. The van der Waals surface area contributed by atoms with Gasteiger partial charge in [0.05, 0.1) is 12.0 Å². The molecule has 0 fully saturated rings. The lowest BCUT2D eigenvalue weighted by molar-refractivity contribution is -0.142. The number of rotatable bonds is 7. The maximum atomic E-state index is 11.3. The summed E-state index contributed by atoms with van der Waals surface area (Å²) in [4.78, 5) is 22.2. The number of hydrogen-bond acceptors (Lipinski definition) is 3. The molecule has 2 unspecified atom stereocenters. The van der Waals surface area contributed by atoms with Gasteiger partial charge >= 0.3 is 12.0 Å². The lowest BCUT2D eigenvalue weighted by atomic mass is 9.96. The van der Waals surface area contributed by atoms with Crippen LogP contribution in [0.25, 0.3) is 0 Å². The molecule has 6 nitrogen and oxygen atoms in total. The first-order valence-corrected chi connectivity index (χ1v) is 5.65. The molecule has 0 aromatic carbocycles. The fourth-order valence-electron chi connectivity index (χ4n) is 1.19. The average Bonchev–Trinajstić information content (AvgIpc) is 2.25. The number of amides is 2. The Morgan fingerprint density at radius 2 is 1.71 bits per heavy atom. The Morgan fingerprint density at radius 1 is 1.18 bits per heavy atom. The Hall–Kier alpha value is -1.30. The molecule has 0 radical (unpaired) electrons. The molecule has 0 aromatic rings. The predicted octanol–water partition coefficient (Wildman–Crippen LogP) is 0.677. The Kier molecular flexibility index (Phi) is 7.29. The van der Waals surface area contributed by atoms with E-state index in [4.69, 9.17) is 9.84 Å². The quantitative estimate of drug-likeness (QED) is 0.616. The van der Waals surface area contributed by atoms with Gasteiger partial charge in [0.15, 0.2) is 0 Å². The number of carbonyl (C=O) groups excluding carboxylic acids is 1. The van der Waals surface area contributed by atoms with Crippen LogP contribution in [0.2, 0.25) is 0 Å². The van der Waals surface area contributed by atoms with Gasteiger partial charge in [-0.15, -0.1) is 0 Å². The van der Waals surface area contributed by atoms with E-state index in [2.05, 4.69) is 10.6 Å². The highest BCUT2D eigenvalue weighted by molar-refractivity contribution is 5.75. The van der Waals surface area contributed by atoms with E-state index >= 15 is 0 Å². The summed E-state index contributed by atoms with van der Waals surface area (Å²) >= 11 is 0. The lowest BCUT2D eigenvalue weighted by Crippen LogP contribution is -2.43. The minimum absolute atomic E-state index is 0.0225. The SMILES string of the molecule is COC(C)CNC(=O)NCC(C(=O)O)C(C)C. The van der Waals surface area contributed by atoms with Crippen molar-refractivity contribution in [2.24, 2.45) is 11.8 Å². The van der Waals surface area contributed by atoms with E-state index in [9.17, 15) is 9.59 Å². The molecule has 2 amide bonds. The Morgan fingerprint density at radius 3 is 2.12 bits per heavy atom. The molecule has 0 aliphatic rings. The van der Waals surface area contributed by atoms with E-state index in [1.165, 1.54) is 0 Å². The monoisotopic (exact) mass is 246 g/mol. The van der Waals surface area contributed by atoms with Crippen LogP contribution in [-0.4, -0.2) is 43.4 Å². The Labute approximate surface area is 102 Å². The average molecular weight is 246 g/mol. The molecule has 0 aromatic heterocycles. The minimum atomic E-state index is -0.898. The second kappa shape index (κ2) is 7.89. The van der Waals surface area contributed by atoms with Crippen LogP contribution in [0.3, 0.4) is 0 Å². The van der Waals surface area contributed by atoms with Gasteiger partial charge in [-0.2, -0.15) is 0 Å². The summed E-state index contributed by atoms with van der Waals surface area (Å²) in [5.41, 5.74) is 0. The van der Waals surface area contributed by atoms with Crippen LogP contribution < -0.4 is 10.6 Å². The topological polar surface area (TPSA) is 87.7 Å². The third kappa shape index (κ3) is 6.78. The largest absolute Gasteiger partial charge is 0.481 e. The number of urea groups is 1. The van der Waals surface area contributed by atoms with Crippen LogP contribution in [0.15, 0.2) is 0 Å². The van der Waals surface area contributed by atoms with Crippen LogP contribution in [0.4, 0.5) is 4.79 Å². The van der Waals surface area contributed by atoms with E-state index in [0.717, 1.165) is 0 Å². The maximum absolute atomic E-state index is 11.3. The molecule has 0 aliphatic heterocycles. The molecule has 17 heavy (non-hydrogen) atoms. The zero-order valence-electron chi connectivity index (χ0n) is 10.8. The molecule has 2 atom stereocenters. The zero-order valence-corrected chi connectivity index (χ0v) is 10.8. The van der Waals surface area contributed by atoms with Crippen LogP contribution >= 0.6 is 0 Å². The van der Waals surface area contributed by atoms with Crippen molar-refractivity contribution in [1.29, 1.82) is 0 Å². The number of carboxylic acid groups (broad SMARTS) is 1. The summed E-state index contributed by atoms with van der Waals surface area (Å²) in [7, 11) is 1.56. The number of aliphatic carboxylic acids is 1. The number of hydrogen-bond donors (Lipinski definition) is 3. The van der Waals surface area contributed by atoms with Crippen LogP contribution in [-0.2, 0) is 9.53 Å². The van der Waals surface area contributed by atoms with Gasteiger partial charge in [-0.05, 0) is 12.8 Å². The van der Waals surface area contributed by atoms with E-state index in [0.29, 0.717) is 6.54 Å². The van der Waals surface area contributed by atoms with E-state index < -0.39 is 11.9 Å². The van der Waals surface area contributed by atoms with E-state index in [1.54, 1.807) is 7.11 Å². The summed E-state index contributed by atoms with van der Waals surface area (Å²) in [5, 5.41) is 14.1. The standard InChI is InChI=1S/C11H22N2O4/c1-7(2)9(10(14)15)6-13-11(16)12-5-8(3)17-4/h7-9H,5-6H2,1-4H3,(H,14,15)(H2,12,13,16). The second-order valence-electron chi connectivity index (χ2n) is 4.33. The smallest absolute Gasteiger partial charge is 0.314 e. The van der Waals surface area contributed by atoms with E-state index in [-0.39, 0.29) is 24.6 Å². The summed E-state index contributed by atoms with van der Waals surface area (Å²) in [6, 6.07) is -0.374. The molecule has 0 aliphatic carbocycles. The van der Waals surface area contributed by atoms with Crippen molar-refractivity contribution in [2.45, 2.75) is 26.9 Å². The minimum Gasteiger partial charge on any atom is -0.481 e. The maximum Gasteiger partial charge on any atom is 0.314 e. The summed E-state index contributed by atoms with van der Waals surface area (Å²) < 4.78 is 4.97. The fourth-order valence-corrected chi connectivity index (χ4v) is 1.19. The number of ether oxygens (including phenoxy) is 1. The molecule has 0 heterocycles. The molecule has 0 saturated heterocycles. The third-order valence-electron chi connectivity index (χ3n) is 2.56. The Bertz CT molecular complexity index is 256.